The van der Waals surface area contributed by atoms with Crippen molar-refractivity contribution >= 4 is 5.97 Å². The van der Waals surface area contributed by atoms with Crippen LogP contribution in [0.1, 0.15) is 39.9 Å². The number of tetrazole rings is 1. The molecule has 7 nitrogen and oxygen atoms in total. The van der Waals surface area contributed by atoms with Crippen LogP contribution in [-0.2, 0) is 22.7 Å². The van der Waals surface area contributed by atoms with Crippen LogP contribution in [0.25, 0.3) is 0 Å². The summed E-state index contributed by atoms with van der Waals surface area (Å²) >= 11 is 0. The number of hydrogen-bond donors (Lipinski definition) is 1. The van der Waals surface area contributed by atoms with Crippen LogP contribution >= 0.6 is 0 Å². The summed E-state index contributed by atoms with van der Waals surface area (Å²) in [7, 11) is 0. The van der Waals surface area contributed by atoms with Gasteiger partial charge in [0, 0.05) is 0 Å². The molecule has 0 aliphatic rings. The van der Waals surface area contributed by atoms with E-state index in [0.29, 0.717) is 24.8 Å². The van der Waals surface area contributed by atoms with Crippen molar-refractivity contribution < 1.29 is 14.6 Å². The van der Waals surface area contributed by atoms with Crippen LogP contribution < -0.4 is 0 Å². The third-order valence-electron chi connectivity index (χ3n) is 2.65. The van der Waals surface area contributed by atoms with Gasteiger partial charge in [-0.1, -0.05) is 13.8 Å². The molecule has 0 aromatic carbocycles. The fraction of sp³-hybridized carbons (Fsp3) is 0.833. The molecule has 19 heavy (non-hydrogen) atoms. The van der Waals surface area contributed by atoms with E-state index in [-0.39, 0.29) is 12.6 Å². The molecule has 0 saturated carbocycles. The molecule has 1 unspecified atom stereocenters. The number of aliphatic carboxylic acids is 1. The third-order valence-corrected chi connectivity index (χ3v) is 2.65. The molecule has 0 spiro atoms. The Balaban J connectivity index is 2.68. The molecule has 0 saturated heterocycles. The minimum Gasteiger partial charge on any atom is -0.481 e. The van der Waals surface area contributed by atoms with E-state index in [1.165, 1.54) is 4.68 Å². The molecule has 1 atom stereocenters. The first-order valence-electron chi connectivity index (χ1n) is 6.49. The first kappa shape index (κ1) is 15.6. The number of hydrogen-bond acceptors (Lipinski definition) is 5. The molecule has 0 aliphatic carbocycles. The van der Waals surface area contributed by atoms with Crippen molar-refractivity contribution in [3.63, 3.8) is 0 Å². The minimum absolute atomic E-state index is 0.0797. The minimum atomic E-state index is -0.820. The van der Waals surface area contributed by atoms with E-state index >= 15 is 0 Å². The summed E-state index contributed by atoms with van der Waals surface area (Å²) in [5.74, 6) is -0.433. The van der Waals surface area contributed by atoms with Crippen molar-refractivity contribution in [2.24, 2.45) is 11.8 Å². The van der Waals surface area contributed by atoms with Gasteiger partial charge in [0.05, 0.1) is 18.6 Å². The normalized spacial score (nSPS) is 13.2. The lowest BCUT2D eigenvalue weighted by atomic mass is 9.97. The lowest BCUT2D eigenvalue weighted by Crippen LogP contribution is -2.24. The first-order chi connectivity index (χ1) is 8.90. The van der Waals surface area contributed by atoms with E-state index < -0.39 is 11.9 Å². The Labute approximate surface area is 112 Å². The zero-order chi connectivity index (χ0) is 14.4. The van der Waals surface area contributed by atoms with Crippen molar-refractivity contribution in [1.29, 1.82) is 0 Å². The van der Waals surface area contributed by atoms with E-state index in [1.807, 2.05) is 27.7 Å². The number of rotatable bonds is 8. The second-order valence-electron chi connectivity index (χ2n) is 5.30. The number of nitrogens with zero attached hydrogens (tertiary/aromatic N) is 4. The van der Waals surface area contributed by atoms with Gasteiger partial charge in [0.2, 0.25) is 0 Å². The highest BCUT2D eigenvalue weighted by atomic mass is 16.5. The van der Waals surface area contributed by atoms with Gasteiger partial charge in [0.25, 0.3) is 0 Å². The molecule has 0 bridgehead atoms. The lowest BCUT2D eigenvalue weighted by Gasteiger charge is -2.15. The van der Waals surface area contributed by atoms with Crippen LogP contribution in [0.2, 0.25) is 0 Å². The quantitative estimate of drug-likeness (QED) is 0.766. The van der Waals surface area contributed by atoms with Crippen molar-refractivity contribution in [3.8, 4) is 0 Å². The topological polar surface area (TPSA) is 90.1 Å². The Bertz CT molecular complexity index is 403. The Kier molecular flexibility index (Phi) is 5.88. The van der Waals surface area contributed by atoms with Gasteiger partial charge in [-0.05, 0) is 36.6 Å². The zero-order valence-corrected chi connectivity index (χ0v) is 11.9. The second kappa shape index (κ2) is 7.18. The van der Waals surface area contributed by atoms with Crippen LogP contribution in [0.15, 0.2) is 0 Å². The summed E-state index contributed by atoms with van der Waals surface area (Å²) in [4.78, 5) is 11.2. The average molecular weight is 270 g/mol. The maximum absolute atomic E-state index is 11.2. The molecule has 1 N–H and O–H groups in total. The number of carboxylic acid groups (broad SMARTS) is 1. The van der Waals surface area contributed by atoms with Gasteiger partial charge in [-0.25, -0.2) is 4.68 Å². The molecule has 0 radical (unpaired) electrons. The van der Waals surface area contributed by atoms with Gasteiger partial charge < -0.3 is 9.84 Å². The molecule has 0 fully saturated rings. The highest BCUT2D eigenvalue weighted by Crippen LogP contribution is 2.14. The predicted molar refractivity (Wildman–Crippen MR) is 68.3 cm³/mol. The summed E-state index contributed by atoms with van der Waals surface area (Å²) in [6.45, 7) is 8.41. The summed E-state index contributed by atoms with van der Waals surface area (Å²) in [6.07, 6.45) is 0.677. The highest BCUT2D eigenvalue weighted by Gasteiger charge is 2.21. The fourth-order valence-electron chi connectivity index (χ4n) is 1.74. The van der Waals surface area contributed by atoms with Crippen LogP contribution in [0, 0.1) is 11.8 Å². The largest absolute Gasteiger partial charge is 0.481 e. The van der Waals surface area contributed by atoms with Crippen LogP contribution in [0.5, 0.6) is 0 Å². The van der Waals surface area contributed by atoms with Gasteiger partial charge in [-0.15, -0.1) is 5.10 Å². The molecule has 7 heteroatoms. The third kappa shape index (κ3) is 5.34. The summed E-state index contributed by atoms with van der Waals surface area (Å²) < 4.78 is 6.96. The summed E-state index contributed by atoms with van der Waals surface area (Å²) in [6, 6.07) is 0. The van der Waals surface area contributed by atoms with E-state index in [0.717, 1.165) is 0 Å². The van der Waals surface area contributed by atoms with Crippen molar-refractivity contribution in [2.45, 2.75) is 53.4 Å². The fourth-order valence-corrected chi connectivity index (χ4v) is 1.74. The molecule has 1 heterocycles. The van der Waals surface area contributed by atoms with Gasteiger partial charge >= 0.3 is 5.97 Å². The molecule has 1 aromatic rings. The number of ether oxygens (including phenoxy) is 1. The summed E-state index contributed by atoms with van der Waals surface area (Å²) in [5, 5.41) is 20.5. The highest BCUT2D eigenvalue weighted by molar-refractivity contribution is 5.69. The molecular weight excluding hydrogens is 248 g/mol. The van der Waals surface area contributed by atoms with Crippen LogP contribution in [0.4, 0.5) is 0 Å². The van der Waals surface area contributed by atoms with Gasteiger partial charge in [0.15, 0.2) is 5.82 Å². The van der Waals surface area contributed by atoms with Crippen molar-refractivity contribution in [2.75, 3.05) is 0 Å². The van der Waals surface area contributed by atoms with Crippen molar-refractivity contribution in [3.05, 3.63) is 5.82 Å². The standard InChI is InChI=1S/C12H22N4O3/c1-8(2)5-10(12(17)18)6-16-11(13-14-15-16)7-19-9(3)4/h8-10H,5-7H2,1-4H3,(H,17,18). The van der Waals surface area contributed by atoms with Crippen LogP contribution in [-0.4, -0.2) is 37.4 Å². The molecular formula is C12H22N4O3. The maximum atomic E-state index is 11.2. The van der Waals surface area contributed by atoms with E-state index in [2.05, 4.69) is 15.5 Å². The lowest BCUT2D eigenvalue weighted by molar-refractivity contribution is -0.143. The molecule has 1 rings (SSSR count). The van der Waals surface area contributed by atoms with Gasteiger partial charge in [-0.2, -0.15) is 0 Å². The maximum Gasteiger partial charge on any atom is 0.308 e. The van der Waals surface area contributed by atoms with E-state index in [9.17, 15) is 9.90 Å². The van der Waals surface area contributed by atoms with Crippen LogP contribution in [0.3, 0.4) is 0 Å². The van der Waals surface area contributed by atoms with Gasteiger partial charge in [-0.3, -0.25) is 4.79 Å². The number of aromatic nitrogens is 4. The zero-order valence-electron chi connectivity index (χ0n) is 11.9. The Hall–Kier alpha value is -1.50. The molecule has 1 aromatic heterocycles. The van der Waals surface area contributed by atoms with E-state index in [4.69, 9.17) is 4.74 Å². The Morgan fingerprint density at radius 2 is 2.05 bits per heavy atom. The Morgan fingerprint density at radius 3 is 2.58 bits per heavy atom. The molecule has 108 valence electrons. The van der Waals surface area contributed by atoms with E-state index in [1.54, 1.807) is 0 Å². The smallest absolute Gasteiger partial charge is 0.308 e. The molecule has 0 amide bonds. The number of carbonyl (C=O) groups is 1. The SMILES string of the molecule is CC(C)CC(Cn1nnnc1COC(C)C)C(=O)O. The second-order valence-corrected chi connectivity index (χ2v) is 5.30. The number of carboxylic acids is 1. The summed E-state index contributed by atoms with van der Waals surface area (Å²) in [5.41, 5.74) is 0. The first-order valence-corrected chi connectivity index (χ1v) is 6.49. The molecule has 0 aliphatic heterocycles. The van der Waals surface area contributed by atoms with Gasteiger partial charge in [0.1, 0.15) is 6.61 Å². The van der Waals surface area contributed by atoms with Crippen molar-refractivity contribution in [1.82, 2.24) is 20.2 Å². The monoisotopic (exact) mass is 270 g/mol. The average Bonchev–Trinajstić information content (AvgIpc) is 2.72. The Morgan fingerprint density at radius 1 is 1.37 bits per heavy atom. The predicted octanol–water partition coefficient (Wildman–Crippen LogP) is 1.34.